The van der Waals surface area contributed by atoms with Crippen molar-refractivity contribution >= 4 is 0 Å². The second-order valence-corrected chi connectivity index (χ2v) is 6.90. The second-order valence-electron chi connectivity index (χ2n) is 6.90. The highest BCUT2D eigenvalue weighted by molar-refractivity contribution is 5.47. The number of hydrogen-bond donors (Lipinski definition) is 1. The lowest BCUT2D eigenvalue weighted by Crippen LogP contribution is -2.53. The normalized spacial score (nSPS) is 40.1. The molecule has 0 radical (unpaired) electrons. The van der Waals surface area contributed by atoms with E-state index in [2.05, 4.69) is 26.0 Å². The number of fused-ring (bicyclic) bond motifs is 1. The van der Waals surface area contributed by atoms with Gasteiger partial charge in [-0.1, -0.05) is 38.1 Å². The molecule has 1 N–H and O–H groups in total. The quantitative estimate of drug-likeness (QED) is 0.847. The van der Waals surface area contributed by atoms with Gasteiger partial charge < -0.3 is 5.11 Å². The van der Waals surface area contributed by atoms with Crippen molar-refractivity contribution < 1.29 is 5.11 Å². The average molecular weight is 269 g/mol. The number of aliphatic hydroxyl groups is 1. The molecule has 2 nitrogen and oxygen atoms in total. The minimum atomic E-state index is -0.861. The fourth-order valence-corrected chi connectivity index (χ4v) is 4.29. The maximum atomic E-state index is 11.3. The van der Waals surface area contributed by atoms with Crippen molar-refractivity contribution in [1.29, 1.82) is 5.26 Å². The van der Waals surface area contributed by atoms with E-state index in [0.717, 1.165) is 37.7 Å². The van der Waals surface area contributed by atoms with Gasteiger partial charge in [0.05, 0.1) is 11.7 Å². The van der Waals surface area contributed by atoms with E-state index in [1.54, 1.807) is 0 Å². The van der Waals surface area contributed by atoms with E-state index in [1.165, 1.54) is 5.56 Å². The Bertz CT molecular complexity index is 561. The van der Waals surface area contributed by atoms with Crippen LogP contribution in [0.25, 0.3) is 0 Å². The van der Waals surface area contributed by atoms with Crippen LogP contribution in [0.5, 0.6) is 0 Å². The van der Waals surface area contributed by atoms with Crippen molar-refractivity contribution in [3.63, 3.8) is 0 Å². The Morgan fingerprint density at radius 3 is 2.65 bits per heavy atom. The molecule has 106 valence electrons. The van der Waals surface area contributed by atoms with E-state index >= 15 is 0 Å². The van der Waals surface area contributed by atoms with E-state index in [-0.39, 0.29) is 0 Å². The van der Waals surface area contributed by atoms with Crippen LogP contribution in [0, 0.1) is 23.2 Å². The fraction of sp³-hybridized carbons (Fsp3) is 0.611. The molecule has 2 aliphatic rings. The van der Waals surface area contributed by atoms with E-state index in [0.29, 0.717) is 11.8 Å². The van der Waals surface area contributed by atoms with Crippen LogP contribution in [0.3, 0.4) is 0 Å². The summed E-state index contributed by atoms with van der Waals surface area (Å²) in [6.07, 6.45) is 4.19. The molecule has 3 rings (SSSR count). The van der Waals surface area contributed by atoms with Gasteiger partial charge in [0.2, 0.25) is 0 Å². The van der Waals surface area contributed by atoms with Crippen LogP contribution in [0.15, 0.2) is 24.3 Å². The third kappa shape index (κ3) is 1.73. The Hall–Kier alpha value is -1.33. The van der Waals surface area contributed by atoms with Crippen molar-refractivity contribution in [3.05, 3.63) is 35.4 Å². The van der Waals surface area contributed by atoms with Gasteiger partial charge in [0.25, 0.3) is 0 Å². The second kappa shape index (κ2) is 4.60. The molecule has 20 heavy (non-hydrogen) atoms. The van der Waals surface area contributed by atoms with E-state index < -0.39 is 11.0 Å². The first-order chi connectivity index (χ1) is 9.52. The van der Waals surface area contributed by atoms with Crippen molar-refractivity contribution in [2.24, 2.45) is 11.8 Å². The highest BCUT2D eigenvalue weighted by Crippen LogP contribution is 2.53. The summed E-state index contributed by atoms with van der Waals surface area (Å²) < 4.78 is 0. The summed E-state index contributed by atoms with van der Waals surface area (Å²) in [5.74, 6) is 1.12. The smallest absolute Gasteiger partial charge is 0.111 e. The van der Waals surface area contributed by atoms with Crippen LogP contribution in [0.1, 0.15) is 50.7 Å². The zero-order valence-electron chi connectivity index (χ0n) is 12.4. The summed E-state index contributed by atoms with van der Waals surface area (Å²) in [5.41, 5.74) is 0.763. The molecule has 1 saturated carbocycles. The first kappa shape index (κ1) is 13.6. The zero-order chi connectivity index (χ0) is 14.4. The van der Waals surface area contributed by atoms with E-state index in [9.17, 15) is 10.4 Å². The number of hydrogen-bond acceptors (Lipinski definition) is 2. The predicted octanol–water partition coefficient (Wildman–Crippen LogP) is 3.58. The number of rotatable bonds is 1. The standard InChI is InChI=1S/C18H23NO/c1-13-7-10-18(20,11-14(13)2)17(12-19)9-8-15-5-3-4-6-16(15)17/h3-6,13-14,20H,7-11H2,1-2H3. The molecule has 0 bridgehead atoms. The van der Waals surface area contributed by atoms with E-state index in [1.807, 2.05) is 18.2 Å². The largest absolute Gasteiger partial charge is 0.388 e. The molecule has 0 saturated heterocycles. The Labute approximate surface area is 121 Å². The molecule has 0 spiro atoms. The van der Waals surface area contributed by atoms with Crippen molar-refractivity contribution in [1.82, 2.24) is 0 Å². The van der Waals surface area contributed by atoms with Gasteiger partial charge in [-0.15, -0.1) is 0 Å². The van der Waals surface area contributed by atoms with Gasteiger partial charge in [-0.3, -0.25) is 0 Å². The number of aryl methyl sites for hydroxylation is 1. The number of nitrogens with zero attached hydrogens (tertiary/aromatic N) is 1. The van der Waals surface area contributed by atoms with Gasteiger partial charge in [0.1, 0.15) is 5.41 Å². The van der Waals surface area contributed by atoms with Gasteiger partial charge in [-0.2, -0.15) is 5.26 Å². The molecule has 4 unspecified atom stereocenters. The molecule has 2 heteroatoms. The van der Waals surface area contributed by atoms with Crippen LogP contribution >= 0.6 is 0 Å². The van der Waals surface area contributed by atoms with Crippen molar-refractivity contribution in [2.45, 2.75) is 57.0 Å². The number of nitriles is 1. The van der Waals surface area contributed by atoms with Crippen molar-refractivity contribution in [2.75, 3.05) is 0 Å². The molecule has 1 aromatic carbocycles. The summed E-state index contributed by atoms with van der Waals surface area (Å²) in [6, 6.07) is 10.7. The maximum Gasteiger partial charge on any atom is 0.111 e. The van der Waals surface area contributed by atoms with Gasteiger partial charge in [-0.05, 0) is 55.1 Å². The molecule has 1 fully saturated rings. The summed E-state index contributed by atoms with van der Waals surface area (Å²) in [5, 5.41) is 21.3. The lowest BCUT2D eigenvalue weighted by Gasteiger charge is -2.47. The molecule has 0 heterocycles. The third-order valence-electron chi connectivity index (χ3n) is 5.88. The first-order valence-electron chi connectivity index (χ1n) is 7.74. The number of benzene rings is 1. The molecule has 0 aromatic heterocycles. The van der Waals surface area contributed by atoms with Crippen LogP contribution < -0.4 is 0 Å². The molecular weight excluding hydrogens is 246 g/mol. The lowest BCUT2D eigenvalue weighted by atomic mass is 9.59. The maximum absolute atomic E-state index is 11.3. The minimum Gasteiger partial charge on any atom is -0.388 e. The lowest BCUT2D eigenvalue weighted by molar-refractivity contribution is -0.0733. The SMILES string of the molecule is CC1CCC(O)(C2(C#N)CCc3ccccc32)CC1C. The summed E-state index contributed by atoms with van der Waals surface area (Å²) in [6.45, 7) is 4.46. The highest BCUT2D eigenvalue weighted by Gasteiger charge is 2.56. The Kier molecular flexibility index (Phi) is 3.14. The van der Waals surface area contributed by atoms with Gasteiger partial charge >= 0.3 is 0 Å². The van der Waals surface area contributed by atoms with Crippen molar-refractivity contribution in [3.8, 4) is 6.07 Å². The van der Waals surface area contributed by atoms with Gasteiger partial charge in [0.15, 0.2) is 0 Å². The molecule has 0 aliphatic heterocycles. The minimum absolute atomic E-state index is 0.478. The Balaban J connectivity index is 2.05. The predicted molar refractivity (Wildman–Crippen MR) is 79.2 cm³/mol. The molecular formula is C18H23NO. The average Bonchev–Trinajstić information content (AvgIpc) is 2.84. The first-order valence-corrected chi connectivity index (χ1v) is 7.74. The molecule has 1 aromatic rings. The summed E-state index contributed by atoms with van der Waals surface area (Å²) >= 11 is 0. The van der Waals surface area contributed by atoms with E-state index in [4.69, 9.17) is 0 Å². The van der Waals surface area contributed by atoms with Crippen LogP contribution in [0.4, 0.5) is 0 Å². The third-order valence-corrected chi connectivity index (χ3v) is 5.88. The topological polar surface area (TPSA) is 44.0 Å². The Morgan fingerprint density at radius 1 is 1.20 bits per heavy atom. The monoisotopic (exact) mass is 269 g/mol. The molecule has 2 aliphatic carbocycles. The van der Waals surface area contributed by atoms with Gasteiger partial charge in [-0.25, -0.2) is 0 Å². The van der Waals surface area contributed by atoms with Crippen LogP contribution in [0.2, 0.25) is 0 Å². The zero-order valence-corrected chi connectivity index (χ0v) is 12.4. The van der Waals surface area contributed by atoms with Crippen LogP contribution in [-0.4, -0.2) is 10.7 Å². The van der Waals surface area contributed by atoms with Gasteiger partial charge in [0, 0.05) is 0 Å². The Morgan fingerprint density at radius 2 is 1.95 bits per heavy atom. The molecule has 4 atom stereocenters. The highest BCUT2D eigenvalue weighted by atomic mass is 16.3. The molecule has 0 amide bonds. The summed E-state index contributed by atoms with van der Waals surface area (Å²) in [7, 11) is 0. The summed E-state index contributed by atoms with van der Waals surface area (Å²) in [4.78, 5) is 0. The fourth-order valence-electron chi connectivity index (χ4n) is 4.29. The van der Waals surface area contributed by atoms with Crippen LogP contribution in [-0.2, 0) is 11.8 Å².